The molecule has 2 aromatic rings. The Kier molecular flexibility index (Phi) is 4.57. The smallest absolute Gasteiger partial charge is 0.337 e. The van der Waals surface area contributed by atoms with Gasteiger partial charge in [0.1, 0.15) is 0 Å². The summed E-state index contributed by atoms with van der Waals surface area (Å²) < 4.78 is 4.76. The van der Waals surface area contributed by atoms with Crippen LogP contribution in [-0.4, -0.2) is 13.1 Å². The van der Waals surface area contributed by atoms with Crippen molar-refractivity contribution in [3.8, 4) is 0 Å². The number of methoxy groups -OCH3 is 1. The molecule has 3 rings (SSSR count). The van der Waals surface area contributed by atoms with Crippen LogP contribution in [-0.2, 0) is 4.74 Å². The first kappa shape index (κ1) is 14.8. The number of allylic oxidation sites excluding steroid dienone is 1. The fourth-order valence-electron chi connectivity index (χ4n) is 3.26. The maximum Gasteiger partial charge on any atom is 0.337 e. The Labute approximate surface area is 131 Å². The van der Waals surface area contributed by atoms with Gasteiger partial charge in [0.05, 0.1) is 12.7 Å². The van der Waals surface area contributed by atoms with Gasteiger partial charge in [-0.15, -0.1) is 0 Å². The molecule has 2 nitrogen and oxygen atoms in total. The second-order valence-corrected chi connectivity index (χ2v) is 6.10. The SMILES string of the molecule is COC(=O)c1ccc2cc(C=CCC3CCCC3)ccc2c1. The highest BCUT2D eigenvalue weighted by Crippen LogP contribution is 2.28. The van der Waals surface area contributed by atoms with Gasteiger partial charge >= 0.3 is 5.97 Å². The summed E-state index contributed by atoms with van der Waals surface area (Å²) in [6, 6.07) is 12.0. The summed E-state index contributed by atoms with van der Waals surface area (Å²) >= 11 is 0. The van der Waals surface area contributed by atoms with Crippen LogP contribution in [0.1, 0.15) is 48.0 Å². The Balaban J connectivity index is 1.75. The fraction of sp³-hybridized carbons (Fsp3) is 0.350. The Morgan fingerprint density at radius 3 is 2.64 bits per heavy atom. The van der Waals surface area contributed by atoms with Crippen molar-refractivity contribution in [2.24, 2.45) is 5.92 Å². The third-order valence-electron chi connectivity index (χ3n) is 4.54. The largest absolute Gasteiger partial charge is 0.465 e. The molecule has 0 atom stereocenters. The Morgan fingerprint density at radius 2 is 1.86 bits per heavy atom. The van der Waals surface area contributed by atoms with Gasteiger partial charge in [-0.3, -0.25) is 0 Å². The van der Waals surface area contributed by atoms with Crippen LogP contribution in [0.3, 0.4) is 0 Å². The van der Waals surface area contributed by atoms with Gasteiger partial charge in [0.2, 0.25) is 0 Å². The van der Waals surface area contributed by atoms with E-state index in [1.807, 2.05) is 18.2 Å². The van der Waals surface area contributed by atoms with Crippen LogP contribution in [0.5, 0.6) is 0 Å². The van der Waals surface area contributed by atoms with Gasteiger partial charge < -0.3 is 4.74 Å². The van der Waals surface area contributed by atoms with Crippen molar-refractivity contribution in [3.05, 3.63) is 53.6 Å². The second kappa shape index (κ2) is 6.78. The number of rotatable bonds is 4. The molecule has 2 heteroatoms. The minimum atomic E-state index is -0.289. The Hall–Kier alpha value is -2.09. The first-order chi connectivity index (χ1) is 10.8. The minimum absolute atomic E-state index is 0.289. The zero-order valence-corrected chi connectivity index (χ0v) is 13.0. The van der Waals surface area contributed by atoms with Gasteiger partial charge in [-0.05, 0) is 46.9 Å². The number of benzene rings is 2. The van der Waals surface area contributed by atoms with Crippen molar-refractivity contribution in [1.82, 2.24) is 0 Å². The molecule has 2 aromatic carbocycles. The topological polar surface area (TPSA) is 26.3 Å². The number of fused-ring (bicyclic) bond motifs is 1. The van der Waals surface area contributed by atoms with E-state index in [4.69, 9.17) is 4.74 Å². The molecule has 0 aromatic heterocycles. The maximum absolute atomic E-state index is 11.6. The fourth-order valence-corrected chi connectivity index (χ4v) is 3.26. The van der Waals surface area contributed by atoms with Gasteiger partial charge in [-0.2, -0.15) is 0 Å². The summed E-state index contributed by atoms with van der Waals surface area (Å²) in [4.78, 5) is 11.6. The van der Waals surface area contributed by atoms with E-state index in [2.05, 4.69) is 30.4 Å². The van der Waals surface area contributed by atoms with E-state index in [0.717, 1.165) is 16.7 Å². The molecule has 0 spiro atoms. The molecule has 1 fully saturated rings. The molecule has 0 bridgehead atoms. The lowest BCUT2D eigenvalue weighted by Crippen LogP contribution is -2.00. The molecule has 0 saturated heterocycles. The van der Waals surface area contributed by atoms with Gasteiger partial charge in [0.25, 0.3) is 0 Å². The van der Waals surface area contributed by atoms with Crippen LogP contribution in [0, 0.1) is 5.92 Å². The monoisotopic (exact) mass is 294 g/mol. The van der Waals surface area contributed by atoms with Crippen molar-refractivity contribution < 1.29 is 9.53 Å². The van der Waals surface area contributed by atoms with Crippen molar-refractivity contribution in [1.29, 1.82) is 0 Å². The molecular weight excluding hydrogens is 272 g/mol. The molecule has 0 N–H and O–H groups in total. The summed E-state index contributed by atoms with van der Waals surface area (Å²) in [5, 5.41) is 2.21. The van der Waals surface area contributed by atoms with E-state index in [1.165, 1.54) is 44.8 Å². The molecule has 1 aliphatic carbocycles. The van der Waals surface area contributed by atoms with Gasteiger partial charge in [-0.1, -0.05) is 56.0 Å². The lowest BCUT2D eigenvalue weighted by molar-refractivity contribution is 0.0601. The number of carbonyl (C=O) groups is 1. The number of esters is 1. The average molecular weight is 294 g/mol. The third-order valence-corrected chi connectivity index (χ3v) is 4.54. The van der Waals surface area contributed by atoms with Crippen LogP contribution in [0.15, 0.2) is 42.5 Å². The standard InChI is InChI=1S/C20H22O2/c1-22-20(21)19-12-11-17-13-16(9-10-18(17)14-19)8-4-7-15-5-2-3-6-15/h4,8-15H,2-3,5-7H2,1H3. The molecule has 0 unspecified atom stereocenters. The highest BCUT2D eigenvalue weighted by atomic mass is 16.5. The van der Waals surface area contributed by atoms with Gasteiger partial charge in [0.15, 0.2) is 0 Å². The summed E-state index contributed by atoms with van der Waals surface area (Å²) in [6.45, 7) is 0. The highest BCUT2D eigenvalue weighted by Gasteiger charge is 2.12. The number of carbonyl (C=O) groups excluding carboxylic acids is 1. The van der Waals surface area contributed by atoms with E-state index < -0.39 is 0 Å². The summed E-state index contributed by atoms with van der Waals surface area (Å²) in [6.07, 6.45) is 11.3. The molecule has 1 aliphatic rings. The zero-order valence-electron chi connectivity index (χ0n) is 13.0. The first-order valence-corrected chi connectivity index (χ1v) is 8.05. The number of hydrogen-bond donors (Lipinski definition) is 0. The Bertz CT molecular complexity index is 694. The van der Waals surface area contributed by atoms with E-state index in [-0.39, 0.29) is 5.97 Å². The second-order valence-electron chi connectivity index (χ2n) is 6.10. The van der Waals surface area contributed by atoms with Crippen molar-refractivity contribution in [3.63, 3.8) is 0 Å². The minimum Gasteiger partial charge on any atom is -0.465 e. The lowest BCUT2D eigenvalue weighted by Gasteiger charge is -2.05. The van der Waals surface area contributed by atoms with Crippen LogP contribution >= 0.6 is 0 Å². The zero-order chi connectivity index (χ0) is 15.4. The van der Waals surface area contributed by atoms with Crippen LogP contribution in [0.4, 0.5) is 0 Å². The predicted molar refractivity (Wildman–Crippen MR) is 90.9 cm³/mol. The van der Waals surface area contributed by atoms with Crippen molar-refractivity contribution in [2.45, 2.75) is 32.1 Å². The molecule has 0 heterocycles. The predicted octanol–water partition coefficient (Wildman–Crippen LogP) is 5.22. The van der Waals surface area contributed by atoms with E-state index in [0.29, 0.717) is 5.56 Å². The van der Waals surface area contributed by atoms with Crippen molar-refractivity contribution in [2.75, 3.05) is 7.11 Å². The van der Waals surface area contributed by atoms with Gasteiger partial charge in [-0.25, -0.2) is 4.79 Å². The molecule has 0 aliphatic heterocycles. The summed E-state index contributed by atoms with van der Waals surface area (Å²) in [5.41, 5.74) is 1.82. The molecule has 22 heavy (non-hydrogen) atoms. The lowest BCUT2D eigenvalue weighted by atomic mass is 10.0. The molecule has 0 amide bonds. The molecular formula is C20H22O2. The van der Waals surface area contributed by atoms with E-state index in [1.54, 1.807) is 0 Å². The van der Waals surface area contributed by atoms with Crippen LogP contribution in [0.2, 0.25) is 0 Å². The number of hydrogen-bond acceptors (Lipinski definition) is 2. The number of ether oxygens (including phenoxy) is 1. The van der Waals surface area contributed by atoms with Crippen LogP contribution < -0.4 is 0 Å². The quantitative estimate of drug-likeness (QED) is 0.723. The average Bonchev–Trinajstić information content (AvgIpc) is 3.07. The normalized spacial score (nSPS) is 15.7. The molecule has 1 saturated carbocycles. The molecule has 114 valence electrons. The van der Waals surface area contributed by atoms with Gasteiger partial charge in [0, 0.05) is 0 Å². The highest BCUT2D eigenvalue weighted by molar-refractivity contribution is 5.95. The van der Waals surface area contributed by atoms with Crippen LogP contribution in [0.25, 0.3) is 16.8 Å². The summed E-state index contributed by atoms with van der Waals surface area (Å²) in [7, 11) is 1.41. The third kappa shape index (κ3) is 3.38. The first-order valence-electron chi connectivity index (χ1n) is 8.05. The maximum atomic E-state index is 11.6. The van der Waals surface area contributed by atoms with Crippen molar-refractivity contribution >= 4 is 22.8 Å². The van der Waals surface area contributed by atoms with E-state index in [9.17, 15) is 4.79 Å². The Morgan fingerprint density at radius 1 is 1.14 bits per heavy atom. The van der Waals surface area contributed by atoms with E-state index >= 15 is 0 Å². The summed E-state index contributed by atoms with van der Waals surface area (Å²) in [5.74, 6) is 0.599. The molecule has 0 radical (unpaired) electrons.